The van der Waals surface area contributed by atoms with Crippen molar-refractivity contribution in [3.63, 3.8) is 0 Å². The van der Waals surface area contributed by atoms with E-state index in [2.05, 4.69) is 41.1 Å². The minimum atomic E-state index is 0. The van der Waals surface area contributed by atoms with Crippen LogP contribution in [0.15, 0.2) is 15.6 Å². The van der Waals surface area contributed by atoms with Crippen LogP contribution < -0.4 is 5.32 Å². The van der Waals surface area contributed by atoms with Crippen LogP contribution in [0.4, 0.5) is 0 Å². The highest BCUT2D eigenvalue weighted by molar-refractivity contribution is 14.0. The van der Waals surface area contributed by atoms with Crippen molar-refractivity contribution in [1.29, 1.82) is 0 Å². The molecule has 1 aliphatic heterocycles. The number of hydrogen-bond acceptors (Lipinski definition) is 4. The van der Waals surface area contributed by atoms with E-state index < -0.39 is 0 Å². The number of nitrogens with one attached hydrogen (secondary N) is 1. The van der Waals surface area contributed by atoms with Gasteiger partial charge >= 0.3 is 0 Å². The van der Waals surface area contributed by atoms with E-state index in [1.165, 1.54) is 0 Å². The van der Waals surface area contributed by atoms with E-state index in [-0.39, 0.29) is 24.0 Å². The third-order valence-corrected chi connectivity index (χ3v) is 3.83. The predicted octanol–water partition coefficient (Wildman–Crippen LogP) is 2.82. The van der Waals surface area contributed by atoms with Crippen LogP contribution in [0.1, 0.15) is 45.1 Å². The number of ether oxygens (including phenoxy) is 1. The fourth-order valence-electron chi connectivity index (χ4n) is 2.65. The van der Waals surface area contributed by atoms with Crippen LogP contribution in [-0.4, -0.2) is 48.4 Å². The molecular formula is C16H29IN4O2. The number of rotatable bonds is 6. The number of halogens is 1. The van der Waals surface area contributed by atoms with E-state index in [1.807, 2.05) is 6.07 Å². The van der Waals surface area contributed by atoms with Gasteiger partial charge in [0.2, 0.25) is 0 Å². The van der Waals surface area contributed by atoms with Gasteiger partial charge in [0.25, 0.3) is 0 Å². The molecule has 132 valence electrons. The zero-order valence-electron chi connectivity index (χ0n) is 14.4. The van der Waals surface area contributed by atoms with Gasteiger partial charge in [0, 0.05) is 32.3 Å². The van der Waals surface area contributed by atoms with Crippen LogP contribution >= 0.6 is 24.0 Å². The third kappa shape index (κ3) is 6.29. The molecule has 1 saturated heterocycles. The lowest BCUT2D eigenvalue weighted by atomic mass is 10.1. The first kappa shape index (κ1) is 20.2. The van der Waals surface area contributed by atoms with Gasteiger partial charge in [-0.1, -0.05) is 12.1 Å². The Kier molecular flexibility index (Phi) is 9.54. The highest BCUT2D eigenvalue weighted by Crippen LogP contribution is 2.14. The molecule has 23 heavy (non-hydrogen) atoms. The number of likely N-dealkylation sites (tertiary alicyclic amines) is 1. The van der Waals surface area contributed by atoms with E-state index >= 15 is 0 Å². The maximum Gasteiger partial charge on any atom is 0.194 e. The Morgan fingerprint density at radius 1 is 1.39 bits per heavy atom. The lowest BCUT2D eigenvalue weighted by molar-refractivity contribution is 0.0263. The average molecular weight is 436 g/mol. The molecule has 0 spiro atoms. The number of guanidine groups is 1. The molecule has 1 aromatic heterocycles. The summed E-state index contributed by atoms with van der Waals surface area (Å²) >= 11 is 0. The fraction of sp³-hybridized carbons (Fsp3) is 0.750. The highest BCUT2D eigenvalue weighted by Gasteiger charge is 2.21. The summed E-state index contributed by atoms with van der Waals surface area (Å²) in [5, 5.41) is 7.37. The lowest BCUT2D eigenvalue weighted by Gasteiger charge is -2.34. The summed E-state index contributed by atoms with van der Waals surface area (Å²) in [6, 6.07) is 1.98. The molecule has 7 heteroatoms. The third-order valence-electron chi connectivity index (χ3n) is 3.83. The smallest absolute Gasteiger partial charge is 0.194 e. The summed E-state index contributed by atoms with van der Waals surface area (Å²) in [6.45, 7) is 10.4. The summed E-state index contributed by atoms with van der Waals surface area (Å²) in [7, 11) is 0. The Labute approximate surface area is 156 Å². The quantitative estimate of drug-likeness (QED) is 0.422. The van der Waals surface area contributed by atoms with Gasteiger partial charge in [-0.05, 0) is 33.1 Å². The SMILES string of the molecule is CCNC(=NCc1cc(CC)no1)N1CCC(OCC)CC1.I. The molecule has 1 aromatic rings. The second kappa shape index (κ2) is 10.9. The van der Waals surface area contributed by atoms with Crippen LogP contribution in [0.3, 0.4) is 0 Å². The van der Waals surface area contributed by atoms with Gasteiger partial charge in [0.05, 0.1) is 11.8 Å². The Hall–Kier alpha value is -0.830. The van der Waals surface area contributed by atoms with Crippen molar-refractivity contribution in [2.24, 2.45) is 4.99 Å². The molecular weight excluding hydrogens is 407 g/mol. The number of aliphatic imine (C=N–C) groups is 1. The molecule has 0 aromatic carbocycles. The minimum Gasteiger partial charge on any atom is -0.378 e. The second-order valence-corrected chi connectivity index (χ2v) is 5.45. The Bertz CT molecular complexity index is 470. The molecule has 0 amide bonds. The molecule has 2 heterocycles. The van der Waals surface area contributed by atoms with Gasteiger partial charge in [-0.2, -0.15) is 0 Å². The van der Waals surface area contributed by atoms with Crippen LogP contribution in [-0.2, 0) is 17.7 Å². The second-order valence-electron chi connectivity index (χ2n) is 5.45. The number of piperidine rings is 1. The first-order valence-electron chi connectivity index (χ1n) is 8.36. The maximum atomic E-state index is 5.71. The first-order valence-corrected chi connectivity index (χ1v) is 8.36. The molecule has 0 atom stereocenters. The standard InChI is InChI=1S/C16H28N4O2.HI/c1-4-13-11-15(22-19-13)12-18-16(17-5-2)20-9-7-14(8-10-20)21-6-3;/h11,14H,4-10,12H2,1-3H3,(H,17,18);1H. The van der Waals surface area contributed by atoms with E-state index in [4.69, 9.17) is 9.26 Å². The number of hydrogen-bond donors (Lipinski definition) is 1. The molecule has 1 N–H and O–H groups in total. The van der Waals surface area contributed by atoms with Gasteiger partial charge < -0.3 is 19.5 Å². The first-order chi connectivity index (χ1) is 10.8. The molecule has 0 saturated carbocycles. The molecule has 0 radical (unpaired) electrons. The normalized spacial score (nSPS) is 16.3. The van der Waals surface area contributed by atoms with Crippen molar-refractivity contribution in [1.82, 2.24) is 15.4 Å². The van der Waals surface area contributed by atoms with E-state index in [9.17, 15) is 0 Å². The highest BCUT2D eigenvalue weighted by atomic mass is 127. The largest absolute Gasteiger partial charge is 0.378 e. The maximum absolute atomic E-state index is 5.71. The Morgan fingerprint density at radius 2 is 2.13 bits per heavy atom. The van der Waals surface area contributed by atoms with Crippen molar-refractivity contribution < 1.29 is 9.26 Å². The summed E-state index contributed by atoms with van der Waals surface area (Å²) in [5.74, 6) is 1.77. The summed E-state index contributed by atoms with van der Waals surface area (Å²) in [4.78, 5) is 6.98. The summed E-state index contributed by atoms with van der Waals surface area (Å²) in [6.07, 6.45) is 3.39. The average Bonchev–Trinajstić information content (AvgIpc) is 3.01. The van der Waals surface area contributed by atoms with Crippen molar-refractivity contribution in [2.45, 2.75) is 52.7 Å². The van der Waals surface area contributed by atoms with Gasteiger partial charge in [0.15, 0.2) is 11.7 Å². The molecule has 0 bridgehead atoms. The molecule has 1 aliphatic rings. The minimum absolute atomic E-state index is 0. The van der Waals surface area contributed by atoms with Gasteiger partial charge in [-0.3, -0.25) is 0 Å². The molecule has 1 fully saturated rings. The van der Waals surface area contributed by atoms with Gasteiger partial charge in [-0.15, -0.1) is 24.0 Å². The van der Waals surface area contributed by atoms with Crippen molar-refractivity contribution in [2.75, 3.05) is 26.2 Å². The van der Waals surface area contributed by atoms with E-state index in [0.29, 0.717) is 12.6 Å². The predicted molar refractivity (Wildman–Crippen MR) is 102 cm³/mol. The lowest BCUT2D eigenvalue weighted by Crippen LogP contribution is -2.47. The van der Waals surface area contributed by atoms with E-state index in [1.54, 1.807) is 0 Å². The monoisotopic (exact) mass is 436 g/mol. The zero-order valence-corrected chi connectivity index (χ0v) is 16.7. The van der Waals surface area contributed by atoms with Crippen molar-refractivity contribution in [3.8, 4) is 0 Å². The van der Waals surface area contributed by atoms with Crippen LogP contribution in [0.2, 0.25) is 0 Å². The van der Waals surface area contributed by atoms with Gasteiger partial charge in [-0.25, -0.2) is 4.99 Å². The van der Waals surface area contributed by atoms with Crippen molar-refractivity contribution >= 4 is 29.9 Å². The molecule has 2 rings (SSSR count). The number of nitrogens with zero attached hydrogens (tertiary/aromatic N) is 3. The topological polar surface area (TPSA) is 62.9 Å². The molecule has 6 nitrogen and oxygen atoms in total. The number of aromatic nitrogens is 1. The Morgan fingerprint density at radius 3 is 2.70 bits per heavy atom. The van der Waals surface area contributed by atoms with Gasteiger partial charge in [0.1, 0.15) is 6.54 Å². The molecule has 0 unspecified atom stereocenters. The Balaban J connectivity index is 0.00000264. The van der Waals surface area contributed by atoms with Crippen LogP contribution in [0, 0.1) is 0 Å². The zero-order chi connectivity index (χ0) is 15.8. The number of aryl methyl sites for hydroxylation is 1. The van der Waals surface area contributed by atoms with Crippen LogP contribution in [0.25, 0.3) is 0 Å². The molecule has 0 aliphatic carbocycles. The van der Waals surface area contributed by atoms with Crippen molar-refractivity contribution in [3.05, 3.63) is 17.5 Å². The van der Waals surface area contributed by atoms with Crippen LogP contribution in [0.5, 0.6) is 0 Å². The summed E-state index contributed by atoms with van der Waals surface area (Å²) in [5.41, 5.74) is 0.979. The fourth-order valence-corrected chi connectivity index (χ4v) is 2.65. The van der Waals surface area contributed by atoms with E-state index in [0.717, 1.165) is 62.9 Å². The summed E-state index contributed by atoms with van der Waals surface area (Å²) < 4.78 is 11.0.